The largest absolute Gasteiger partial charge is 0.390 e. The summed E-state index contributed by atoms with van der Waals surface area (Å²) in [6, 6.07) is 9.99. The van der Waals surface area contributed by atoms with Gasteiger partial charge in [0.1, 0.15) is 0 Å². The maximum atomic E-state index is 12.9. The van der Waals surface area contributed by atoms with Gasteiger partial charge in [0.2, 0.25) is 0 Å². The van der Waals surface area contributed by atoms with Gasteiger partial charge in [0.25, 0.3) is 5.91 Å². The molecule has 4 aliphatic rings. The van der Waals surface area contributed by atoms with Crippen LogP contribution < -0.4 is 5.32 Å². The number of hydrogen-bond acceptors (Lipinski definition) is 2. The van der Waals surface area contributed by atoms with Crippen molar-refractivity contribution in [1.82, 2.24) is 5.32 Å². The molecule has 0 bridgehead atoms. The van der Waals surface area contributed by atoms with Gasteiger partial charge in [0.15, 0.2) is 0 Å². The number of benzene rings is 1. The van der Waals surface area contributed by atoms with Gasteiger partial charge >= 0.3 is 0 Å². The summed E-state index contributed by atoms with van der Waals surface area (Å²) in [6.45, 7) is 7.07. The first-order valence-corrected chi connectivity index (χ1v) is 12.3. The van der Waals surface area contributed by atoms with Crippen molar-refractivity contribution in [2.24, 2.45) is 34.5 Å². The van der Waals surface area contributed by atoms with Crippen LogP contribution in [0.1, 0.15) is 88.9 Å². The molecule has 2 N–H and O–H groups in total. The Morgan fingerprint density at radius 2 is 1.63 bits per heavy atom. The molecule has 0 spiro atoms. The predicted molar refractivity (Wildman–Crippen MR) is 120 cm³/mol. The Morgan fingerprint density at radius 3 is 2.40 bits per heavy atom. The van der Waals surface area contributed by atoms with Gasteiger partial charge in [-0.3, -0.25) is 4.79 Å². The Kier molecular flexibility index (Phi) is 4.85. The number of amides is 1. The minimum Gasteiger partial charge on any atom is -0.390 e. The minimum atomic E-state index is -0.458. The van der Waals surface area contributed by atoms with Gasteiger partial charge in [-0.25, -0.2) is 0 Å². The maximum Gasteiger partial charge on any atom is 0.251 e. The first-order valence-electron chi connectivity index (χ1n) is 12.3. The van der Waals surface area contributed by atoms with Crippen LogP contribution in [0.2, 0.25) is 0 Å². The molecule has 3 unspecified atom stereocenters. The highest BCUT2D eigenvalue weighted by molar-refractivity contribution is 5.94. The zero-order valence-corrected chi connectivity index (χ0v) is 19.0. The van der Waals surface area contributed by atoms with Gasteiger partial charge in [0.05, 0.1) is 5.60 Å². The van der Waals surface area contributed by atoms with E-state index in [9.17, 15) is 9.90 Å². The number of nitrogens with one attached hydrogen (secondary N) is 1. The molecule has 0 heterocycles. The van der Waals surface area contributed by atoms with Crippen molar-refractivity contribution in [3.05, 3.63) is 35.9 Å². The third kappa shape index (κ3) is 3.15. The van der Waals surface area contributed by atoms with Crippen LogP contribution in [0.25, 0.3) is 0 Å². The number of fused-ring (bicyclic) bond motifs is 5. The molecule has 0 aromatic heterocycles. The van der Waals surface area contributed by atoms with Crippen LogP contribution in [0.15, 0.2) is 30.3 Å². The summed E-state index contributed by atoms with van der Waals surface area (Å²) in [4.78, 5) is 12.9. The van der Waals surface area contributed by atoms with E-state index in [1.807, 2.05) is 37.3 Å². The zero-order valence-electron chi connectivity index (χ0n) is 19.0. The summed E-state index contributed by atoms with van der Waals surface area (Å²) < 4.78 is 0. The van der Waals surface area contributed by atoms with Crippen molar-refractivity contribution in [1.29, 1.82) is 0 Å². The normalized spacial score (nSPS) is 47.7. The predicted octanol–water partition coefficient (Wildman–Crippen LogP) is 5.58. The SMILES string of the molecule is C[C@@]1(O)CC[C@@]2(C)C(CC[C@@H]3C2CC[C@@]2(C)C3CC[C@@H]2NC(=O)c2ccccc2)C1. The maximum absolute atomic E-state index is 12.9. The lowest BCUT2D eigenvalue weighted by Gasteiger charge is -2.61. The average molecular weight is 410 g/mol. The van der Waals surface area contributed by atoms with E-state index < -0.39 is 5.60 Å². The summed E-state index contributed by atoms with van der Waals surface area (Å²) in [5, 5.41) is 14.1. The van der Waals surface area contributed by atoms with Gasteiger partial charge < -0.3 is 10.4 Å². The highest BCUT2D eigenvalue weighted by atomic mass is 16.3. The molecule has 4 fully saturated rings. The number of hydrogen-bond donors (Lipinski definition) is 2. The first-order chi connectivity index (χ1) is 14.2. The summed E-state index contributed by atoms with van der Waals surface area (Å²) >= 11 is 0. The third-order valence-electron chi connectivity index (χ3n) is 10.3. The summed E-state index contributed by atoms with van der Waals surface area (Å²) in [5.74, 6) is 3.11. The number of carbonyl (C=O) groups excluding carboxylic acids is 1. The molecule has 1 aromatic carbocycles. The molecule has 0 radical (unpaired) electrons. The number of carbonyl (C=O) groups is 1. The van der Waals surface area contributed by atoms with E-state index in [2.05, 4.69) is 19.2 Å². The Bertz CT molecular complexity index is 804. The van der Waals surface area contributed by atoms with Crippen molar-refractivity contribution in [3.63, 3.8) is 0 Å². The minimum absolute atomic E-state index is 0.0924. The Balaban J connectivity index is 1.34. The third-order valence-corrected chi connectivity index (χ3v) is 10.3. The van der Waals surface area contributed by atoms with Crippen LogP contribution in [-0.4, -0.2) is 22.7 Å². The second-order valence-electron chi connectivity index (χ2n) is 11.9. The molecule has 1 aromatic rings. The second kappa shape index (κ2) is 7.08. The molecule has 0 aliphatic heterocycles. The molecule has 3 nitrogen and oxygen atoms in total. The van der Waals surface area contributed by atoms with Crippen molar-refractivity contribution in [2.45, 2.75) is 90.2 Å². The van der Waals surface area contributed by atoms with E-state index >= 15 is 0 Å². The van der Waals surface area contributed by atoms with E-state index in [0.29, 0.717) is 17.4 Å². The molecule has 1 amide bonds. The van der Waals surface area contributed by atoms with Crippen LogP contribution in [0.5, 0.6) is 0 Å². The standard InChI is InChI=1S/C27H39NO2/c1-25(30)15-16-26(2)19(17-25)9-10-20-21-11-12-23(27(21,3)14-13-22(20)26)28-24(29)18-7-5-4-6-8-18/h4-8,19-23,30H,9-17H2,1-3H3,(H,28,29)/t19?,20-,21?,22?,23-,25+,26-,27-/m0/s1. The average Bonchev–Trinajstić information content (AvgIpc) is 3.05. The smallest absolute Gasteiger partial charge is 0.251 e. The van der Waals surface area contributed by atoms with Crippen LogP contribution in [0.4, 0.5) is 0 Å². The molecular formula is C27H39NO2. The van der Waals surface area contributed by atoms with E-state index in [-0.39, 0.29) is 11.3 Å². The molecule has 4 aliphatic carbocycles. The molecule has 3 heteroatoms. The van der Waals surface area contributed by atoms with E-state index in [1.54, 1.807) is 0 Å². The van der Waals surface area contributed by atoms with Gasteiger partial charge in [-0.2, -0.15) is 0 Å². The van der Waals surface area contributed by atoms with Gasteiger partial charge in [-0.05, 0) is 111 Å². The monoisotopic (exact) mass is 409 g/mol. The highest BCUT2D eigenvalue weighted by Gasteiger charge is 2.61. The van der Waals surface area contributed by atoms with Gasteiger partial charge in [-0.1, -0.05) is 32.0 Å². The number of aliphatic hydroxyl groups is 1. The van der Waals surface area contributed by atoms with Gasteiger partial charge in [0, 0.05) is 11.6 Å². The van der Waals surface area contributed by atoms with Crippen LogP contribution in [0, 0.1) is 34.5 Å². The topological polar surface area (TPSA) is 49.3 Å². The van der Waals surface area contributed by atoms with Gasteiger partial charge in [-0.15, -0.1) is 0 Å². The second-order valence-corrected chi connectivity index (χ2v) is 11.9. The van der Waals surface area contributed by atoms with Crippen LogP contribution in [-0.2, 0) is 0 Å². The van der Waals surface area contributed by atoms with Crippen LogP contribution in [0.3, 0.4) is 0 Å². The fourth-order valence-electron chi connectivity index (χ4n) is 8.50. The Morgan fingerprint density at radius 1 is 0.900 bits per heavy atom. The van der Waals surface area contributed by atoms with Crippen molar-refractivity contribution >= 4 is 5.91 Å². The molecular weight excluding hydrogens is 370 g/mol. The Labute approximate surface area is 182 Å². The fourth-order valence-corrected chi connectivity index (χ4v) is 8.50. The van der Waals surface area contributed by atoms with E-state index in [4.69, 9.17) is 0 Å². The van der Waals surface area contributed by atoms with Crippen molar-refractivity contribution in [3.8, 4) is 0 Å². The highest BCUT2D eigenvalue weighted by Crippen LogP contribution is 2.66. The van der Waals surface area contributed by atoms with Crippen molar-refractivity contribution in [2.75, 3.05) is 0 Å². The number of rotatable bonds is 2. The summed E-state index contributed by atoms with van der Waals surface area (Å²) in [5.41, 5.74) is 0.952. The first kappa shape index (κ1) is 20.5. The summed E-state index contributed by atoms with van der Waals surface area (Å²) in [6.07, 6.45) is 10.6. The molecule has 0 saturated heterocycles. The molecule has 5 rings (SSSR count). The molecule has 8 atom stereocenters. The molecule has 30 heavy (non-hydrogen) atoms. The fraction of sp³-hybridized carbons (Fsp3) is 0.741. The van der Waals surface area contributed by atoms with Crippen LogP contribution >= 0.6 is 0 Å². The Hall–Kier alpha value is -1.35. The lowest BCUT2D eigenvalue weighted by atomic mass is 9.44. The lowest BCUT2D eigenvalue weighted by Crippen LogP contribution is -2.57. The zero-order chi connectivity index (χ0) is 21.1. The lowest BCUT2D eigenvalue weighted by molar-refractivity contribution is -0.143. The molecule has 4 saturated carbocycles. The molecule has 164 valence electrons. The van der Waals surface area contributed by atoms with E-state index in [0.717, 1.165) is 42.6 Å². The quantitative estimate of drug-likeness (QED) is 0.670. The summed E-state index contributed by atoms with van der Waals surface area (Å²) in [7, 11) is 0. The van der Waals surface area contributed by atoms with E-state index in [1.165, 1.54) is 38.5 Å². The van der Waals surface area contributed by atoms with Crippen molar-refractivity contribution < 1.29 is 9.90 Å².